The van der Waals surface area contributed by atoms with E-state index >= 15 is 0 Å². The van der Waals surface area contributed by atoms with Gasteiger partial charge in [-0.2, -0.15) is 0 Å². The number of hydrogen-bond acceptors (Lipinski definition) is 5. The number of rotatable bonds is 5. The molecule has 1 aromatic carbocycles. The van der Waals surface area contributed by atoms with E-state index in [4.69, 9.17) is 4.98 Å². The Hall–Kier alpha value is -3.49. The highest BCUT2D eigenvalue weighted by Gasteiger charge is 2.42. The third-order valence-corrected chi connectivity index (χ3v) is 6.51. The molecule has 0 saturated carbocycles. The van der Waals surface area contributed by atoms with Crippen molar-refractivity contribution in [3.05, 3.63) is 69.1 Å². The fourth-order valence-electron chi connectivity index (χ4n) is 4.50. The molecule has 0 bridgehead atoms. The molecule has 34 heavy (non-hydrogen) atoms. The lowest BCUT2D eigenvalue weighted by atomic mass is 9.95. The first-order chi connectivity index (χ1) is 16.0. The molecule has 0 spiro atoms. The van der Waals surface area contributed by atoms with Crippen LogP contribution in [0, 0.1) is 19.8 Å². The second kappa shape index (κ2) is 8.70. The van der Waals surface area contributed by atoms with Crippen LogP contribution in [0.25, 0.3) is 5.65 Å². The molecule has 2 N–H and O–H groups in total. The van der Waals surface area contributed by atoms with E-state index in [1.165, 1.54) is 17.4 Å². The minimum absolute atomic E-state index is 0.109. The average molecular weight is 471 g/mol. The number of hydrogen-bond donors (Lipinski definition) is 2. The molecule has 180 valence electrons. The average Bonchev–Trinajstić information content (AvgIpc) is 2.78. The number of piperidine rings is 1. The van der Waals surface area contributed by atoms with Gasteiger partial charge in [-0.3, -0.25) is 9.20 Å². The third kappa shape index (κ3) is 4.22. The van der Waals surface area contributed by atoms with E-state index in [2.05, 4.69) is 5.32 Å². The smallest absolute Gasteiger partial charge is 0.337 e. The Morgan fingerprint density at radius 1 is 1.29 bits per heavy atom. The summed E-state index contributed by atoms with van der Waals surface area (Å²) in [4.78, 5) is 31.5. The summed E-state index contributed by atoms with van der Waals surface area (Å²) in [5.74, 6) is -4.23. The van der Waals surface area contributed by atoms with Gasteiger partial charge in [-0.15, -0.1) is 0 Å². The molecule has 3 heterocycles. The molecule has 0 aliphatic carbocycles. The standard InChI is InChI=1S/C25H28F2N4O3/c1-14-11-19(17(4)28-20-8-6-5-7-18(20)24(33)34)22-29-21(16(3)23(32)31(22)12-14)30-10-9-25(26,27)15(2)13-30/h5-8,11-12,15,17,28H,9-10,13H2,1-4H3,(H,33,34)/t15-,17?/m1/s1. The van der Waals surface area contributed by atoms with Crippen molar-refractivity contribution in [2.75, 3.05) is 23.3 Å². The Bertz CT molecular complexity index is 1320. The van der Waals surface area contributed by atoms with E-state index in [1.54, 1.807) is 36.2 Å². The summed E-state index contributed by atoms with van der Waals surface area (Å²) in [6, 6.07) is 8.11. The van der Waals surface area contributed by atoms with E-state index < -0.39 is 17.8 Å². The maximum absolute atomic E-state index is 14.1. The number of carboxylic acids is 1. The van der Waals surface area contributed by atoms with Crippen LogP contribution in [0.4, 0.5) is 20.3 Å². The molecule has 2 atom stereocenters. The van der Waals surface area contributed by atoms with Gasteiger partial charge in [0.2, 0.25) is 0 Å². The molecule has 1 unspecified atom stereocenters. The largest absolute Gasteiger partial charge is 0.478 e. The molecular weight excluding hydrogens is 442 g/mol. The molecule has 9 heteroatoms. The highest BCUT2D eigenvalue weighted by atomic mass is 19.3. The van der Waals surface area contributed by atoms with Gasteiger partial charge in [-0.25, -0.2) is 18.6 Å². The number of halogens is 2. The topological polar surface area (TPSA) is 86.9 Å². The Morgan fingerprint density at radius 2 is 2.00 bits per heavy atom. The summed E-state index contributed by atoms with van der Waals surface area (Å²) in [6.07, 6.45) is 1.41. The number of anilines is 2. The van der Waals surface area contributed by atoms with E-state index in [0.717, 1.165) is 5.56 Å². The first-order valence-electron chi connectivity index (χ1n) is 11.2. The van der Waals surface area contributed by atoms with Gasteiger partial charge in [-0.1, -0.05) is 19.1 Å². The number of pyridine rings is 1. The molecule has 1 aliphatic rings. The van der Waals surface area contributed by atoms with Crippen LogP contribution in [0.3, 0.4) is 0 Å². The van der Waals surface area contributed by atoms with Gasteiger partial charge >= 0.3 is 5.97 Å². The molecular formula is C25H28F2N4O3. The molecule has 2 aromatic heterocycles. The first kappa shape index (κ1) is 23.7. The van der Waals surface area contributed by atoms with Crippen molar-refractivity contribution < 1.29 is 18.7 Å². The number of para-hydroxylation sites is 1. The monoisotopic (exact) mass is 470 g/mol. The van der Waals surface area contributed by atoms with Crippen molar-refractivity contribution in [1.29, 1.82) is 0 Å². The Kier molecular flexibility index (Phi) is 6.05. The zero-order valence-electron chi connectivity index (χ0n) is 19.6. The van der Waals surface area contributed by atoms with Gasteiger partial charge in [-0.05, 0) is 44.5 Å². The van der Waals surface area contributed by atoms with Crippen LogP contribution in [0.1, 0.15) is 53.4 Å². The van der Waals surface area contributed by atoms with Gasteiger partial charge in [0.05, 0.1) is 17.2 Å². The van der Waals surface area contributed by atoms with Crippen molar-refractivity contribution in [3.8, 4) is 0 Å². The van der Waals surface area contributed by atoms with E-state index in [9.17, 15) is 23.5 Å². The molecule has 1 aliphatic heterocycles. The summed E-state index contributed by atoms with van der Waals surface area (Å²) in [7, 11) is 0. The number of nitrogens with zero attached hydrogens (tertiary/aromatic N) is 3. The Balaban J connectivity index is 1.80. The summed E-state index contributed by atoms with van der Waals surface area (Å²) in [6.45, 7) is 7.13. The van der Waals surface area contributed by atoms with Gasteiger partial charge in [0.25, 0.3) is 11.5 Å². The Morgan fingerprint density at radius 3 is 2.68 bits per heavy atom. The van der Waals surface area contributed by atoms with Gasteiger partial charge in [0, 0.05) is 42.9 Å². The second-order valence-electron chi connectivity index (χ2n) is 9.11. The summed E-state index contributed by atoms with van der Waals surface area (Å²) >= 11 is 0. The van der Waals surface area contributed by atoms with Crippen LogP contribution in [0.15, 0.2) is 41.3 Å². The van der Waals surface area contributed by atoms with Gasteiger partial charge < -0.3 is 15.3 Å². The number of nitrogens with one attached hydrogen (secondary N) is 1. The summed E-state index contributed by atoms with van der Waals surface area (Å²) in [5.41, 5.74) is 2.68. The van der Waals surface area contributed by atoms with Crippen LogP contribution in [-0.4, -0.2) is 39.5 Å². The first-order valence-corrected chi connectivity index (χ1v) is 11.2. The fraction of sp³-hybridized carbons (Fsp3) is 0.400. The molecule has 0 radical (unpaired) electrons. The number of carbonyl (C=O) groups is 1. The van der Waals surface area contributed by atoms with Crippen molar-refractivity contribution in [3.63, 3.8) is 0 Å². The molecule has 1 fully saturated rings. The fourth-order valence-corrected chi connectivity index (χ4v) is 4.50. The van der Waals surface area contributed by atoms with Crippen molar-refractivity contribution >= 4 is 23.1 Å². The lowest BCUT2D eigenvalue weighted by Crippen LogP contribution is -2.47. The predicted molar refractivity (Wildman–Crippen MR) is 127 cm³/mol. The number of alkyl halides is 2. The number of aryl methyl sites for hydroxylation is 1. The predicted octanol–water partition coefficient (Wildman–Crippen LogP) is 4.66. The quantitative estimate of drug-likeness (QED) is 0.564. The van der Waals surface area contributed by atoms with E-state index in [1.807, 2.05) is 19.9 Å². The second-order valence-corrected chi connectivity index (χ2v) is 9.11. The van der Waals surface area contributed by atoms with Gasteiger partial charge in [0.1, 0.15) is 11.5 Å². The van der Waals surface area contributed by atoms with Crippen molar-refractivity contribution in [1.82, 2.24) is 9.38 Å². The number of aromatic nitrogens is 2. The number of carboxylic acid groups (broad SMARTS) is 1. The number of fused-ring (bicyclic) bond motifs is 1. The summed E-state index contributed by atoms with van der Waals surface area (Å²) < 4.78 is 29.6. The molecule has 3 aromatic rings. The molecule has 4 rings (SSSR count). The van der Waals surface area contributed by atoms with Crippen LogP contribution >= 0.6 is 0 Å². The highest BCUT2D eigenvalue weighted by molar-refractivity contribution is 5.94. The maximum Gasteiger partial charge on any atom is 0.337 e. The highest BCUT2D eigenvalue weighted by Crippen LogP contribution is 2.35. The lowest BCUT2D eigenvalue weighted by molar-refractivity contribution is -0.0652. The number of aromatic carboxylic acids is 1. The van der Waals surface area contributed by atoms with E-state index in [0.29, 0.717) is 28.3 Å². The molecule has 1 saturated heterocycles. The summed E-state index contributed by atoms with van der Waals surface area (Å²) in [5, 5.41) is 12.7. The zero-order chi connectivity index (χ0) is 24.8. The van der Waals surface area contributed by atoms with Crippen molar-refractivity contribution in [2.45, 2.75) is 46.1 Å². The lowest BCUT2D eigenvalue weighted by Gasteiger charge is -2.37. The molecule has 7 nitrogen and oxygen atoms in total. The van der Waals surface area contributed by atoms with Crippen molar-refractivity contribution in [2.24, 2.45) is 5.92 Å². The van der Waals surface area contributed by atoms with Crippen LogP contribution in [0.5, 0.6) is 0 Å². The number of benzene rings is 1. The van der Waals surface area contributed by atoms with Crippen LogP contribution in [-0.2, 0) is 0 Å². The molecule has 0 amide bonds. The van der Waals surface area contributed by atoms with Crippen LogP contribution in [0.2, 0.25) is 0 Å². The van der Waals surface area contributed by atoms with E-state index in [-0.39, 0.29) is 36.7 Å². The Labute approximate surface area is 196 Å². The SMILES string of the molecule is Cc1cc(C(C)Nc2ccccc2C(=O)O)c2nc(N3CCC(F)(F)[C@H](C)C3)c(C)c(=O)n2c1. The maximum atomic E-state index is 14.1. The normalized spacial score (nSPS) is 18.6. The van der Waals surface area contributed by atoms with Gasteiger partial charge in [0.15, 0.2) is 0 Å². The third-order valence-electron chi connectivity index (χ3n) is 6.51. The zero-order valence-corrected chi connectivity index (χ0v) is 19.6. The minimum atomic E-state index is -2.74. The van der Waals surface area contributed by atoms with Crippen LogP contribution < -0.4 is 15.8 Å². The minimum Gasteiger partial charge on any atom is -0.478 e.